The number of phenolic OH excluding ortho intramolecular Hbond substituents is 1. The zero-order valence-electron chi connectivity index (χ0n) is 7.18. The van der Waals surface area contributed by atoms with Gasteiger partial charge in [0.05, 0.1) is 11.9 Å². The summed E-state index contributed by atoms with van der Waals surface area (Å²) in [6.45, 7) is 0. The van der Waals surface area contributed by atoms with Gasteiger partial charge in [0, 0.05) is 22.4 Å². The van der Waals surface area contributed by atoms with E-state index >= 15 is 0 Å². The van der Waals surface area contributed by atoms with Gasteiger partial charge in [-0.2, -0.15) is 0 Å². The first-order valence-corrected chi connectivity index (χ1v) is 4.81. The van der Waals surface area contributed by atoms with E-state index in [0.717, 1.165) is 4.47 Å². The van der Waals surface area contributed by atoms with E-state index in [-0.39, 0.29) is 5.75 Å². The maximum atomic E-state index is 9.65. The molecule has 0 spiro atoms. The predicted molar refractivity (Wildman–Crippen MR) is 56.8 cm³/mol. The Kier molecular flexibility index (Phi) is 2.45. The normalized spacial score (nSPS) is 10.1. The molecule has 1 aromatic heterocycles. The first-order valence-electron chi connectivity index (χ1n) is 4.02. The van der Waals surface area contributed by atoms with Crippen molar-refractivity contribution >= 4 is 15.9 Å². The van der Waals surface area contributed by atoms with Crippen LogP contribution < -0.4 is 0 Å². The average molecular weight is 251 g/mol. The number of aromatic hydroxyl groups is 1. The zero-order valence-corrected chi connectivity index (χ0v) is 8.77. The van der Waals surface area contributed by atoms with Gasteiger partial charge in [0.2, 0.25) is 0 Å². The van der Waals surface area contributed by atoms with Crippen molar-refractivity contribution in [3.05, 3.63) is 41.3 Å². The Balaban J connectivity index is 2.53. The average Bonchev–Trinajstić information content (AvgIpc) is 2.19. The lowest BCUT2D eigenvalue weighted by molar-refractivity contribution is 0.476. The van der Waals surface area contributed by atoms with Crippen molar-refractivity contribution in [2.75, 3.05) is 0 Å². The van der Waals surface area contributed by atoms with Gasteiger partial charge in [-0.3, -0.25) is 9.97 Å². The molecule has 0 aliphatic heterocycles. The number of nitrogens with zero attached hydrogens (tertiary/aromatic N) is 2. The largest absolute Gasteiger partial charge is 0.507 e. The van der Waals surface area contributed by atoms with E-state index < -0.39 is 0 Å². The maximum Gasteiger partial charge on any atom is 0.126 e. The Morgan fingerprint density at radius 2 is 2.07 bits per heavy atom. The summed E-state index contributed by atoms with van der Waals surface area (Å²) in [5, 5.41) is 9.65. The molecule has 0 amide bonds. The van der Waals surface area contributed by atoms with Crippen LogP contribution in [-0.2, 0) is 0 Å². The van der Waals surface area contributed by atoms with Gasteiger partial charge in [0.1, 0.15) is 5.75 Å². The van der Waals surface area contributed by atoms with Crippen molar-refractivity contribution in [3.8, 4) is 17.0 Å². The first-order chi connectivity index (χ1) is 6.77. The third-order valence-electron chi connectivity index (χ3n) is 1.80. The van der Waals surface area contributed by atoms with Crippen LogP contribution in [0.5, 0.6) is 5.75 Å². The number of rotatable bonds is 1. The van der Waals surface area contributed by atoms with Crippen molar-refractivity contribution in [3.63, 3.8) is 0 Å². The smallest absolute Gasteiger partial charge is 0.126 e. The van der Waals surface area contributed by atoms with Gasteiger partial charge in [0.25, 0.3) is 0 Å². The molecule has 1 aromatic carbocycles. The van der Waals surface area contributed by atoms with Crippen molar-refractivity contribution in [2.45, 2.75) is 0 Å². The number of phenols is 1. The van der Waals surface area contributed by atoms with E-state index in [1.165, 1.54) is 0 Å². The fraction of sp³-hybridized carbons (Fsp3) is 0. The fourth-order valence-electron chi connectivity index (χ4n) is 1.16. The second-order valence-electron chi connectivity index (χ2n) is 2.75. The van der Waals surface area contributed by atoms with Crippen LogP contribution in [0, 0.1) is 0 Å². The summed E-state index contributed by atoms with van der Waals surface area (Å²) in [6, 6.07) is 5.27. The highest BCUT2D eigenvalue weighted by atomic mass is 79.9. The Morgan fingerprint density at radius 1 is 1.21 bits per heavy atom. The van der Waals surface area contributed by atoms with Gasteiger partial charge < -0.3 is 5.11 Å². The molecule has 0 aliphatic rings. The summed E-state index contributed by atoms with van der Waals surface area (Å²) in [7, 11) is 0. The molecule has 4 heteroatoms. The van der Waals surface area contributed by atoms with Crippen molar-refractivity contribution in [1.29, 1.82) is 0 Å². The van der Waals surface area contributed by atoms with Gasteiger partial charge >= 0.3 is 0 Å². The molecule has 0 saturated heterocycles. The minimum atomic E-state index is 0.194. The first kappa shape index (κ1) is 9.15. The molecule has 0 aliphatic carbocycles. The number of halogens is 1. The Labute approximate surface area is 89.6 Å². The molecule has 1 heterocycles. The second-order valence-corrected chi connectivity index (χ2v) is 3.67. The van der Waals surface area contributed by atoms with E-state index in [2.05, 4.69) is 25.9 Å². The Bertz CT molecular complexity index is 445. The second kappa shape index (κ2) is 3.75. The summed E-state index contributed by atoms with van der Waals surface area (Å²) < 4.78 is 0.836. The summed E-state index contributed by atoms with van der Waals surface area (Å²) in [5.74, 6) is 0.194. The minimum absolute atomic E-state index is 0.194. The summed E-state index contributed by atoms with van der Waals surface area (Å²) in [4.78, 5) is 8.04. The molecule has 0 fully saturated rings. The van der Waals surface area contributed by atoms with Crippen LogP contribution in [0.2, 0.25) is 0 Å². The standard InChI is InChI=1S/C10H7BrN2O/c11-7-1-2-8(10(14)5-7)9-6-12-3-4-13-9/h1-6,14H. The summed E-state index contributed by atoms with van der Waals surface area (Å²) >= 11 is 3.27. The van der Waals surface area contributed by atoms with Crippen molar-refractivity contribution < 1.29 is 5.11 Å². The molecule has 0 radical (unpaired) electrons. The molecule has 2 aromatic rings. The van der Waals surface area contributed by atoms with E-state index in [9.17, 15) is 5.11 Å². The topological polar surface area (TPSA) is 46.0 Å². The van der Waals surface area contributed by atoms with E-state index in [0.29, 0.717) is 11.3 Å². The van der Waals surface area contributed by atoms with Gasteiger partial charge in [-0.1, -0.05) is 15.9 Å². The molecule has 3 nitrogen and oxygen atoms in total. The Morgan fingerprint density at radius 3 is 2.71 bits per heavy atom. The highest BCUT2D eigenvalue weighted by Gasteiger charge is 2.04. The van der Waals surface area contributed by atoms with E-state index in [1.807, 2.05) is 6.07 Å². The van der Waals surface area contributed by atoms with Gasteiger partial charge in [-0.25, -0.2) is 0 Å². The predicted octanol–water partition coefficient (Wildman–Crippen LogP) is 2.61. The van der Waals surface area contributed by atoms with Crippen molar-refractivity contribution in [1.82, 2.24) is 9.97 Å². The fourth-order valence-corrected chi connectivity index (χ4v) is 1.51. The molecule has 2 rings (SSSR count). The van der Waals surface area contributed by atoms with E-state index in [4.69, 9.17) is 0 Å². The lowest BCUT2D eigenvalue weighted by Crippen LogP contribution is -1.84. The summed E-state index contributed by atoms with van der Waals surface area (Å²) in [6.07, 6.45) is 4.80. The van der Waals surface area contributed by atoms with Crippen LogP contribution in [0.25, 0.3) is 11.3 Å². The minimum Gasteiger partial charge on any atom is -0.507 e. The molecule has 0 bridgehead atoms. The highest BCUT2D eigenvalue weighted by Crippen LogP contribution is 2.29. The molecule has 70 valence electrons. The zero-order chi connectivity index (χ0) is 9.97. The molecule has 0 atom stereocenters. The van der Waals surface area contributed by atoms with Crippen LogP contribution in [0.1, 0.15) is 0 Å². The highest BCUT2D eigenvalue weighted by molar-refractivity contribution is 9.10. The molecule has 0 unspecified atom stereocenters. The van der Waals surface area contributed by atoms with Gasteiger partial charge in [-0.15, -0.1) is 0 Å². The van der Waals surface area contributed by atoms with Crippen LogP contribution >= 0.6 is 15.9 Å². The number of aromatic nitrogens is 2. The van der Waals surface area contributed by atoms with Crippen LogP contribution in [0.4, 0.5) is 0 Å². The molecular weight excluding hydrogens is 244 g/mol. The monoisotopic (exact) mass is 250 g/mol. The molecule has 1 N–H and O–H groups in total. The summed E-state index contributed by atoms with van der Waals surface area (Å²) in [5.41, 5.74) is 1.35. The van der Waals surface area contributed by atoms with Gasteiger partial charge in [0.15, 0.2) is 0 Å². The van der Waals surface area contributed by atoms with Crippen molar-refractivity contribution in [2.24, 2.45) is 0 Å². The lowest BCUT2D eigenvalue weighted by atomic mass is 10.1. The maximum absolute atomic E-state index is 9.65. The number of benzene rings is 1. The van der Waals surface area contributed by atoms with Crippen LogP contribution in [0.3, 0.4) is 0 Å². The number of hydrogen-bond acceptors (Lipinski definition) is 3. The van der Waals surface area contributed by atoms with Crippen LogP contribution in [0.15, 0.2) is 41.3 Å². The Hall–Kier alpha value is -1.42. The molecule has 0 saturated carbocycles. The third kappa shape index (κ3) is 1.75. The van der Waals surface area contributed by atoms with Crippen LogP contribution in [-0.4, -0.2) is 15.1 Å². The molecular formula is C10H7BrN2O. The lowest BCUT2D eigenvalue weighted by Gasteiger charge is -2.02. The SMILES string of the molecule is Oc1cc(Br)ccc1-c1cnccn1. The molecule has 14 heavy (non-hydrogen) atoms. The van der Waals surface area contributed by atoms with Gasteiger partial charge in [-0.05, 0) is 18.2 Å². The third-order valence-corrected chi connectivity index (χ3v) is 2.29. The van der Waals surface area contributed by atoms with E-state index in [1.54, 1.807) is 30.7 Å². The quantitative estimate of drug-likeness (QED) is 0.847. The number of hydrogen-bond donors (Lipinski definition) is 1.